The van der Waals surface area contributed by atoms with Crippen molar-refractivity contribution in [1.82, 2.24) is 50.1 Å². The molecule has 1 fully saturated rings. The number of aromatic nitrogens is 8. The summed E-state index contributed by atoms with van der Waals surface area (Å²) in [5.41, 5.74) is 30.8. The lowest BCUT2D eigenvalue weighted by molar-refractivity contribution is 0.211. The second kappa shape index (κ2) is 28.3. The lowest BCUT2D eigenvalue weighted by Crippen LogP contribution is -2.57. The number of nitrogens with one attached hydrogen (secondary N) is 5. The van der Waals surface area contributed by atoms with Crippen molar-refractivity contribution in [2.45, 2.75) is 24.9 Å². The molecular formula is C97H73N11O2. The molecule has 13 heteroatoms. The van der Waals surface area contributed by atoms with Crippen LogP contribution in [0.1, 0.15) is 58.4 Å². The third kappa shape index (κ3) is 12.5. The van der Waals surface area contributed by atoms with E-state index in [4.69, 9.17) is 34.4 Å². The Hall–Kier alpha value is -14.2. The molecule has 0 unspecified atom stereocenters. The average molecular weight is 1420 g/mol. The van der Waals surface area contributed by atoms with Crippen LogP contribution in [0, 0.1) is 0 Å². The van der Waals surface area contributed by atoms with Gasteiger partial charge in [-0.3, -0.25) is 0 Å². The normalized spacial score (nSPS) is 14.8. The highest BCUT2D eigenvalue weighted by Gasteiger charge is 2.30. The Morgan fingerprint density at radius 3 is 0.764 bits per heavy atom. The van der Waals surface area contributed by atoms with Crippen molar-refractivity contribution in [3.05, 3.63) is 325 Å². The quantitative estimate of drug-likeness (QED) is 0.0719. The monoisotopic (exact) mass is 1420 g/mol. The van der Waals surface area contributed by atoms with E-state index in [1.807, 2.05) is 0 Å². The highest BCUT2D eigenvalue weighted by Crippen LogP contribution is 2.43. The molecule has 12 heterocycles. The number of aliphatic imine (C=N–C) groups is 1. The number of ether oxygens (including phenoxy) is 2. The lowest BCUT2D eigenvalue weighted by atomic mass is 10.0. The van der Waals surface area contributed by atoms with Crippen LogP contribution in [-0.2, 0) is 0 Å². The molecule has 0 saturated carbocycles. The highest BCUT2D eigenvalue weighted by atomic mass is 16.5. The number of fused-ring (bicyclic) bond motifs is 17. The number of hydrogen-bond donors (Lipinski definition) is 5. The first-order valence-corrected chi connectivity index (χ1v) is 37.7. The van der Waals surface area contributed by atoms with E-state index in [9.17, 15) is 0 Å². The second-order valence-corrected chi connectivity index (χ2v) is 28.4. The van der Waals surface area contributed by atoms with Gasteiger partial charge in [0.1, 0.15) is 24.7 Å². The van der Waals surface area contributed by atoms with Crippen molar-refractivity contribution in [3.8, 4) is 101 Å². The molecule has 20 rings (SSSR count). The Balaban J connectivity index is 0.582. The van der Waals surface area contributed by atoms with Crippen molar-refractivity contribution in [2.75, 3.05) is 26.3 Å². The van der Waals surface area contributed by atoms with Crippen LogP contribution in [0.25, 0.3) is 182 Å². The summed E-state index contributed by atoms with van der Waals surface area (Å²) in [4.78, 5) is 45.2. The molecule has 0 aliphatic carbocycles. The Kier molecular flexibility index (Phi) is 16.8. The molecule has 0 spiro atoms. The molecule has 2 atom stereocenters. The number of benzene rings is 8. The fourth-order valence-electron chi connectivity index (χ4n) is 16.2. The van der Waals surface area contributed by atoms with Gasteiger partial charge in [-0.25, -0.2) is 24.9 Å². The van der Waals surface area contributed by atoms with E-state index in [1.54, 1.807) is 0 Å². The van der Waals surface area contributed by atoms with Crippen LogP contribution in [0.4, 0.5) is 0 Å². The molecule has 0 amide bonds. The van der Waals surface area contributed by atoms with E-state index in [-0.39, 0.29) is 12.1 Å². The summed E-state index contributed by atoms with van der Waals surface area (Å²) in [6.07, 6.45) is 18.9. The van der Waals surface area contributed by atoms with E-state index in [0.29, 0.717) is 13.2 Å². The molecule has 5 N–H and O–H groups in total. The number of hydrogen-bond acceptors (Lipinski definition) is 9. The van der Waals surface area contributed by atoms with Gasteiger partial charge in [0.25, 0.3) is 0 Å². The highest BCUT2D eigenvalue weighted by molar-refractivity contribution is 6.03. The van der Waals surface area contributed by atoms with Gasteiger partial charge in [-0.05, 0) is 179 Å². The minimum atomic E-state index is -0.0393. The van der Waals surface area contributed by atoms with Gasteiger partial charge in [0, 0.05) is 102 Å². The molecule has 6 aliphatic rings. The molecule has 110 heavy (non-hydrogen) atoms. The van der Waals surface area contributed by atoms with Crippen LogP contribution < -0.4 is 14.8 Å². The summed E-state index contributed by atoms with van der Waals surface area (Å²) < 4.78 is 13.3. The van der Waals surface area contributed by atoms with Crippen LogP contribution in [0.5, 0.6) is 11.5 Å². The van der Waals surface area contributed by atoms with Crippen LogP contribution in [-0.4, -0.2) is 89.1 Å². The Morgan fingerprint density at radius 1 is 0.264 bits per heavy atom. The Morgan fingerprint density at radius 2 is 0.500 bits per heavy atom. The molecule has 8 aromatic carbocycles. The topological polar surface area (TPSA) is 161 Å². The van der Waals surface area contributed by atoms with Crippen molar-refractivity contribution in [1.29, 1.82) is 0 Å². The Labute approximate surface area is 635 Å². The first kappa shape index (κ1) is 65.4. The maximum atomic E-state index is 6.67. The van der Waals surface area contributed by atoms with E-state index >= 15 is 0 Å². The minimum absolute atomic E-state index is 0.0393. The maximum absolute atomic E-state index is 6.67. The molecule has 13 nitrogen and oxygen atoms in total. The van der Waals surface area contributed by atoms with Crippen molar-refractivity contribution in [2.24, 2.45) is 4.99 Å². The molecule has 6 aliphatic heterocycles. The van der Waals surface area contributed by atoms with Crippen LogP contribution in [0.15, 0.2) is 284 Å². The van der Waals surface area contributed by atoms with Gasteiger partial charge in [0.2, 0.25) is 0 Å². The summed E-state index contributed by atoms with van der Waals surface area (Å²) in [6, 6.07) is 97.4. The first-order valence-electron chi connectivity index (χ1n) is 37.7. The van der Waals surface area contributed by atoms with Gasteiger partial charge in [0.05, 0.1) is 57.6 Å². The second-order valence-electron chi connectivity index (χ2n) is 28.4. The van der Waals surface area contributed by atoms with Crippen molar-refractivity contribution >= 4 is 98.7 Å². The zero-order valence-corrected chi connectivity index (χ0v) is 60.1. The summed E-state index contributed by atoms with van der Waals surface area (Å²) in [7, 11) is 0. The maximum Gasteiger partial charge on any atom is 0.194 e. The van der Waals surface area contributed by atoms with Crippen molar-refractivity contribution < 1.29 is 9.47 Å². The minimum Gasteiger partial charge on any atom is -0.491 e. The summed E-state index contributed by atoms with van der Waals surface area (Å²) in [5, 5.41) is 3.77. The number of rotatable bonds is 14. The predicted molar refractivity (Wildman–Crippen MR) is 451 cm³/mol. The van der Waals surface area contributed by atoms with Gasteiger partial charge < -0.3 is 39.6 Å². The molecule has 16 bridgehead atoms. The lowest BCUT2D eigenvalue weighted by Gasteiger charge is -2.39. The number of guanidine groups is 1. The van der Waals surface area contributed by atoms with E-state index in [2.05, 4.69) is 358 Å². The van der Waals surface area contributed by atoms with Gasteiger partial charge in [0.15, 0.2) is 5.96 Å². The zero-order chi connectivity index (χ0) is 72.9. The number of nitrogens with zero attached hydrogens (tertiary/aromatic N) is 6. The molecule has 528 valence electrons. The third-order valence-electron chi connectivity index (χ3n) is 21.5. The average Bonchev–Trinajstić information content (AvgIpc) is 1.61. The predicted octanol–water partition coefficient (Wildman–Crippen LogP) is 22.2. The van der Waals surface area contributed by atoms with E-state index < -0.39 is 0 Å². The van der Waals surface area contributed by atoms with E-state index in [0.717, 1.165) is 222 Å². The first-order chi connectivity index (χ1) is 54.5. The summed E-state index contributed by atoms with van der Waals surface area (Å²) in [6.45, 7) is 2.68. The van der Waals surface area contributed by atoms with Crippen LogP contribution in [0.3, 0.4) is 0 Å². The Bertz CT molecular complexity index is 6340. The largest absolute Gasteiger partial charge is 0.491 e. The van der Waals surface area contributed by atoms with E-state index in [1.165, 1.54) is 0 Å². The molecular weight excluding hydrogens is 1350 g/mol. The SMILES string of the molecule is C1=Cc2nc1c(-c1ccccc1)c1ccc([nH]1)c(-c1ccccc1)c1nc(c(-c3ccc(OC[C@@H]4CCN5CC[C@@H](COc6ccc(-c7c8nc(c(-c9ccccc9)c9ccc([nH]9)c(-c9ccccc9)c9nc(c(-c%10ccccc%10)c%10ccc7[nH]%10)C=C9)C=C8)cc6)NC5=N4)cc3)c3ccc([nH]3)c2-c2ccccc2)C=C1. The fourth-order valence-corrected chi connectivity index (χ4v) is 16.2. The van der Waals surface area contributed by atoms with Gasteiger partial charge in [-0.2, -0.15) is 0 Å². The third-order valence-corrected chi connectivity index (χ3v) is 21.5. The number of H-pyrrole nitrogens is 4. The summed E-state index contributed by atoms with van der Waals surface area (Å²) >= 11 is 0. The molecule has 14 aromatic rings. The van der Waals surface area contributed by atoms with Gasteiger partial charge in [-0.1, -0.05) is 206 Å². The number of aromatic amines is 4. The zero-order valence-electron chi connectivity index (χ0n) is 60.1. The molecule has 1 saturated heterocycles. The van der Waals surface area contributed by atoms with Crippen LogP contribution in [0.2, 0.25) is 0 Å². The standard InChI is InChI=1S/C97H73N11O2/c1-7-19-61(20-8-1)89-73-39-43-77(100-73)91(63-23-11-3-12-24-63)81-47-51-85(104-81)95(86-52-48-82(105-86)92(64-25-13-4-14-26-64)78-44-40-74(89)101-78)67-31-35-71(36-32-67)109-59-69-55-57-108-58-56-70(99-97(108)98-69)60-110-72-37-33-68(34-38-72)96-87-53-49-83(106-87)93(65-27-15-5-16-28-65)79-45-41-75(102-79)90(62-21-9-2-10-22-62)76-42-46-80(103-76)94(66-29-17-6-18-30-66)84-50-54-88(96)107-84/h1-54,69-70,100,102,105,107H,55-60H2,(H,98,99)/t69-,70-/m0/s1. The smallest absolute Gasteiger partial charge is 0.194 e. The van der Waals surface area contributed by atoms with Gasteiger partial charge in [-0.15, -0.1) is 0 Å². The van der Waals surface area contributed by atoms with Gasteiger partial charge >= 0.3 is 0 Å². The molecule has 0 radical (unpaired) electrons. The molecule has 6 aromatic heterocycles. The van der Waals surface area contributed by atoms with Crippen molar-refractivity contribution in [3.63, 3.8) is 0 Å². The summed E-state index contributed by atoms with van der Waals surface area (Å²) in [5.74, 6) is 2.44. The van der Waals surface area contributed by atoms with Crippen LogP contribution >= 0.6 is 0 Å². The fraction of sp³-hybridized carbons (Fsp3) is 0.0825.